The van der Waals surface area contributed by atoms with Crippen molar-refractivity contribution >= 4 is 16.9 Å². The van der Waals surface area contributed by atoms with Crippen LogP contribution in [0.2, 0.25) is 0 Å². The predicted octanol–water partition coefficient (Wildman–Crippen LogP) is 5.83. The van der Waals surface area contributed by atoms with E-state index >= 15 is 0 Å². The van der Waals surface area contributed by atoms with Crippen LogP contribution < -0.4 is 10.2 Å². The monoisotopic (exact) mass is 428 g/mol. The lowest BCUT2D eigenvalue weighted by Gasteiger charge is -2.12. The van der Waals surface area contributed by atoms with E-state index in [4.69, 9.17) is 13.9 Å². The Hall–Kier alpha value is -3.86. The normalized spacial score (nSPS) is 10.8. The van der Waals surface area contributed by atoms with Gasteiger partial charge in [-0.3, -0.25) is 4.79 Å². The van der Waals surface area contributed by atoms with Crippen LogP contribution in [0.1, 0.15) is 34.0 Å². The molecule has 0 saturated heterocycles. The molecule has 0 amide bonds. The largest absolute Gasteiger partial charge is 0.481 e. The van der Waals surface area contributed by atoms with E-state index in [0.717, 1.165) is 22.3 Å². The van der Waals surface area contributed by atoms with Crippen LogP contribution >= 0.6 is 0 Å². The topological polar surface area (TPSA) is 65.7 Å². The molecule has 0 fully saturated rings. The van der Waals surface area contributed by atoms with Gasteiger partial charge in [0.2, 0.25) is 11.2 Å². The van der Waals surface area contributed by atoms with Gasteiger partial charge in [0.05, 0.1) is 17.6 Å². The lowest BCUT2D eigenvalue weighted by molar-refractivity contribution is 0.0526. The molecule has 4 rings (SSSR count). The number of carbonyl (C=O) groups is 1. The van der Waals surface area contributed by atoms with Crippen LogP contribution in [0.4, 0.5) is 0 Å². The van der Waals surface area contributed by atoms with Crippen LogP contribution in [0.5, 0.6) is 5.75 Å². The minimum atomic E-state index is -0.368. The van der Waals surface area contributed by atoms with Gasteiger partial charge in [-0.1, -0.05) is 48.0 Å². The summed E-state index contributed by atoms with van der Waals surface area (Å²) in [6, 6.07) is 20.2. The molecule has 32 heavy (non-hydrogen) atoms. The third kappa shape index (κ3) is 4.42. The molecule has 0 atom stereocenters. The minimum absolute atomic E-state index is 0.157. The zero-order valence-electron chi connectivity index (χ0n) is 18.3. The highest BCUT2D eigenvalue weighted by Gasteiger charge is 2.18. The number of esters is 1. The van der Waals surface area contributed by atoms with Crippen LogP contribution in [0.25, 0.3) is 22.3 Å². The predicted molar refractivity (Wildman–Crippen MR) is 124 cm³/mol. The zero-order chi connectivity index (χ0) is 22.7. The van der Waals surface area contributed by atoms with Gasteiger partial charge in [-0.05, 0) is 56.2 Å². The molecule has 4 aromatic rings. The molecule has 1 heterocycles. The second kappa shape index (κ2) is 9.10. The fraction of sp³-hybridized carbons (Fsp3) is 0.185. The number of carbonyl (C=O) groups excluding carboxylic acids is 1. The quantitative estimate of drug-likeness (QED) is 0.361. The van der Waals surface area contributed by atoms with Gasteiger partial charge in [-0.2, -0.15) is 0 Å². The summed E-state index contributed by atoms with van der Waals surface area (Å²) in [4.78, 5) is 25.1. The molecule has 0 unspecified atom stereocenters. The van der Waals surface area contributed by atoms with Gasteiger partial charge in [0.1, 0.15) is 12.2 Å². The van der Waals surface area contributed by atoms with Crippen molar-refractivity contribution in [3.63, 3.8) is 0 Å². The smallest absolute Gasteiger partial charge is 0.338 e. The van der Waals surface area contributed by atoms with Gasteiger partial charge < -0.3 is 13.9 Å². The Kier molecular flexibility index (Phi) is 6.08. The Balaban J connectivity index is 1.71. The summed E-state index contributed by atoms with van der Waals surface area (Å²) in [5, 5.41) is 0.471. The van der Waals surface area contributed by atoms with Gasteiger partial charge in [0, 0.05) is 5.56 Å². The molecule has 0 N–H and O–H groups in total. The Morgan fingerprint density at radius 3 is 2.28 bits per heavy atom. The van der Waals surface area contributed by atoms with Crippen LogP contribution in [0.3, 0.4) is 0 Å². The van der Waals surface area contributed by atoms with E-state index in [1.54, 1.807) is 37.3 Å². The van der Waals surface area contributed by atoms with Gasteiger partial charge >= 0.3 is 5.97 Å². The molecule has 1 aromatic heterocycles. The number of benzene rings is 3. The van der Waals surface area contributed by atoms with Crippen LogP contribution in [-0.2, 0) is 11.3 Å². The lowest BCUT2D eigenvalue weighted by Crippen LogP contribution is -2.10. The fourth-order valence-corrected chi connectivity index (χ4v) is 3.42. The summed E-state index contributed by atoms with van der Waals surface area (Å²) in [5.74, 6) is 0.197. The third-order valence-corrected chi connectivity index (χ3v) is 5.17. The molecule has 5 nitrogen and oxygen atoms in total. The number of ether oxygens (including phenoxy) is 2. The average molecular weight is 428 g/mol. The van der Waals surface area contributed by atoms with Crippen LogP contribution in [-0.4, -0.2) is 12.6 Å². The average Bonchev–Trinajstić information content (AvgIpc) is 2.79. The van der Waals surface area contributed by atoms with Crippen LogP contribution in [0.15, 0.2) is 75.9 Å². The summed E-state index contributed by atoms with van der Waals surface area (Å²) in [6.45, 7) is 6.20. The highest BCUT2D eigenvalue weighted by Crippen LogP contribution is 2.32. The van der Waals surface area contributed by atoms with Gasteiger partial charge in [0.25, 0.3) is 0 Å². The molecular formula is C27H24O5. The van der Waals surface area contributed by atoms with Gasteiger partial charge in [0.15, 0.2) is 5.76 Å². The fourth-order valence-electron chi connectivity index (χ4n) is 3.42. The molecule has 0 aliphatic carbocycles. The molecule has 0 saturated carbocycles. The number of rotatable bonds is 6. The molecule has 3 aromatic carbocycles. The first-order valence-corrected chi connectivity index (χ1v) is 10.5. The Labute approximate surface area is 186 Å². The van der Waals surface area contributed by atoms with E-state index in [2.05, 4.69) is 0 Å². The highest BCUT2D eigenvalue weighted by atomic mass is 16.5. The van der Waals surface area contributed by atoms with Crippen molar-refractivity contribution in [2.75, 3.05) is 6.61 Å². The first kappa shape index (κ1) is 21.4. The minimum Gasteiger partial charge on any atom is -0.481 e. The molecule has 0 aliphatic rings. The molecule has 0 spiro atoms. The Morgan fingerprint density at radius 2 is 1.59 bits per heavy atom. The third-order valence-electron chi connectivity index (χ3n) is 5.17. The SMILES string of the molecule is CCOC(=O)c1ccc(COc2c(-c3ccc(C)cc3)oc3cc(C)ccc3c2=O)cc1. The van der Waals surface area contributed by atoms with Gasteiger partial charge in [-0.15, -0.1) is 0 Å². The highest BCUT2D eigenvalue weighted by molar-refractivity contribution is 5.89. The maximum absolute atomic E-state index is 13.3. The standard InChI is InChI=1S/C27H24O5/c1-4-30-27(29)21-12-8-19(9-13-21)16-31-26-24(28)22-14-7-18(3)15-23(22)32-25(26)20-10-5-17(2)6-11-20/h5-15H,4,16H2,1-3H3. The van der Waals surface area contributed by atoms with Crippen molar-refractivity contribution in [1.29, 1.82) is 0 Å². The summed E-state index contributed by atoms with van der Waals surface area (Å²) in [5.41, 5.74) is 4.47. The first-order valence-electron chi connectivity index (χ1n) is 10.5. The molecule has 0 radical (unpaired) electrons. The summed E-state index contributed by atoms with van der Waals surface area (Å²) < 4.78 is 17.2. The molecule has 0 aliphatic heterocycles. The second-order valence-electron chi connectivity index (χ2n) is 7.66. The first-order chi connectivity index (χ1) is 15.5. The zero-order valence-corrected chi connectivity index (χ0v) is 18.3. The number of fused-ring (bicyclic) bond motifs is 1. The lowest BCUT2D eigenvalue weighted by atomic mass is 10.1. The molecule has 162 valence electrons. The van der Waals surface area contributed by atoms with E-state index in [9.17, 15) is 9.59 Å². The number of hydrogen-bond donors (Lipinski definition) is 0. The van der Waals surface area contributed by atoms with E-state index in [1.165, 1.54) is 0 Å². The summed E-state index contributed by atoms with van der Waals surface area (Å²) in [7, 11) is 0. The maximum atomic E-state index is 13.3. The van der Waals surface area contributed by atoms with Crippen molar-refractivity contribution in [3.8, 4) is 17.1 Å². The summed E-state index contributed by atoms with van der Waals surface area (Å²) >= 11 is 0. The van der Waals surface area contributed by atoms with Gasteiger partial charge in [-0.25, -0.2) is 4.79 Å². The molecule has 0 bridgehead atoms. The molecular weight excluding hydrogens is 404 g/mol. The Bertz CT molecular complexity index is 1320. The van der Waals surface area contributed by atoms with Crippen molar-refractivity contribution in [2.45, 2.75) is 27.4 Å². The van der Waals surface area contributed by atoms with E-state index in [-0.39, 0.29) is 23.8 Å². The van der Waals surface area contributed by atoms with E-state index in [0.29, 0.717) is 28.9 Å². The van der Waals surface area contributed by atoms with Crippen molar-refractivity contribution in [1.82, 2.24) is 0 Å². The second-order valence-corrected chi connectivity index (χ2v) is 7.66. The number of aryl methyl sites for hydroxylation is 2. The van der Waals surface area contributed by atoms with E-state index < -0.39 is 0 Å². The maximum Gasteiger partial charge on any atom is 0.338 e. The number of hydrogen-bond acceptors (Lipinski definition) is 5. The summed E-state index contributed by atoms with van der Waals surface area (Å²) in [6.07, 6.45) is 0. The Morgan fingerprint density at radius 1 is 0.906 bits per heavy atom. The van der Waals surface area contributed by atoms with Crippen molar-refractivity contribution in [2.24, 2.45) is 0 Å². The molecule has 5 heteroatoms. The van der Waals surface area contributed by atoms with Crippen molar-refractivity contribution < 1.29 is 18.7 Å². The van der Waals surface area contributed by atoms with Crippen molar-refractivity contribution in [3.05, 3.63) is 99.2 Å². The van der Waals surface area contributed by atoms with E-state index in [1.807, 2.05) is 50.2 Å². The van der Waals surface area contributed by atoms with Crippen LogP contribution in [0, 0.1) is 13.8 Å².